The fourth-order valence-corrected chi connectivity index (χ4v) is 5.44. The van der Waals surface area contributed by atoms with Crippen molar-refractivity contribution in [2.45, 2.75) is 19.5 Å². The van der Waals surface area contributed by atoms with E-state index in [0.29, 0.717) is 28.4 Å². The Balaban J connectivity index is 1.62. The molecule has 5 nitrogen and oxygen atoms in total. The van der Waals surface area contributed by atoms with Crippen LogP contribution in [0.1, 0.15) is 29.3 Å². The zero-order chi connectivity index (χ0) is 21.4. The highest BCUT2D eigenvalue weighted by Crippen LogP contribution is 2.39. The van der Waals surface area contributed by atoms with Gasteiger partial charge in [-0.05, 0) is 59.7 Å². The van der Waals surface area contributed by atoms with Crippen molar-refractivity contribution in [2.75, 3.05) is 0 Å². The molecule has 1 atom stereocenters. The van der Waals surface area contributed by atoms with Crippen molar-refractivity contribution < 1.29 is 4.52 Å². The zero-order valence-electron chi connectivity index (χ0n) is 16.4. The summed E-state index contributed by atoms with van der Waals surface area (Å²) in [5.41, 5.74) is 2.85. The highest BCUT2D eigenvalue weighted by molar-refractivity contribution is 7.80. The van der Waals surface area contributed by atoms with Gasteiger partial charge in [-0.3, -0.25) is 0 Å². The number of benzene rings is 1. The number of hydrogen-bond acceptors (Lipinski definition) is 6. The van der Waals surface area contributed by atoms with Gasteiger partial charge in [-0.25, -0.2) is 0 Å². The molecule has 0 bridgehead atoms. The molecule has 156 valence electrons. The minimum atomic E-state index is -0.248. The molecular formula is C22H17ClN4OS3. The van der Waals surface area contributed by atoms with E-state index in [4.69, 9.17) is 33.3 Å². The molecule has 31 heavy (non-hydrogen) atoms. The number of allylic oxidation sites excluding steroid dienone is 1. The molecule has 9 heteroatoms. The molecule has 0 fully saturated rings. The van der Waals surface area contributed by atoms with E-state index in [9.17, 15) is 0 Å². The van der Waals surface area contributed by atoms with Crippen molar-refractivity contribution in [1.29, 1.82) is 0 Å². The molecule has 0 spiro atoms. The SMILES string of the molecule is CC1=C(c2nc(-c3cccs3)no2)C(c2cccc(Cl)c2)NC(=S)N1Cc1cccs1. The van der Waals surface area contributed by atoms with E-state index in [1.54, 1.807) is 22.7 Å². The number of rotatable bonds is 5. The summed E-state index contributed by atoms with van der Waals surface area (Å²) < 4.78 is 5.75. The van der Waals surface area contributed by atoms with Gasteiger partial charge in [-0.2, -0.15) is 4.98 Å². The molecule has 1 aromatic carbocycles. The number of aromatic nitrogens is 2. The van der Waals surface area contributed by atoms with E-state index < -0.39 is 0 Å². The molecule has 4 aromatic rings. The molecule has 0 saturated heterocycles. The van der Waals surface area contributed by atoms with Crippen LogP contribution in [0.15, 0.2) is 69.5 Å². The van der Waals surface area contributed by atoms with E-state index in [1.807, 2.05) is 54.8 Å². The summed E-state index contributed by atoms with van der Waals surface area (Å²) >= 11 is 15.3. The second kappa shape index (κ2) is 8.55. The summed E-state index contributed by atoms with van der Waals surface area (Å²) in [6.45, 7) is 2.72. The van der Waals surface area contributed by atoms with Crippen molar-refractivity contribution in [1.82, 2.24) is 20.4 Å². The topological polar surface area (TPSA) is 54.2 Å². The number of thiocarbonyl (C=S) groups is 1. The predicted octanol–water partition coefficient (Wildman–Crippen LogP) is 6.38. The third-order valence-electron chi connectivity index (χ3n) is 5.07. The molecule has 0 amide bonds. The first-order valence-electron chi connectivity index (χ1n) is 9.55. The van der Waals surface area contributed by atoms with Gasteiger partial charge in [0.25, 0.3) is 5.89 Å². The van der Waals surface area contributed by atoms with Gasteiger partial charge >= 0.3 is 0 Å². The van der Waals surface area contributed by atoms with Gasteiger partial charge in [0.1, 0.15) is 0 Å². The summed E-state index contributed by atoms with van der Waals surface area (Å²) in [4.78, 5) is 8.97. The van der Waals surface area contributed by atoms with Crippen molar-refractivity contribution >= 4 is 57.2 Å². The van der Waals surface area contributed by atoms with Gasteiger partial charge in [-0.1, -0.05) is 41.0 Å². The summed E-state index contributed by atoms with van der Waals surface area (Å²) in [5.74, 6) is 1.05. The second-order valence-electron chi connectivity index (χ2n) is 7.00. The van der Waals surface area contributed by atoms with Gasteiger partial charge in [-0.15, -0.1) is 22.7 Å². The Bertz CT molecular complexity index is 1250. The average Bonchev–Trinajstić information content (AvgIpc) is 3.53. The van der Waals surface area contributed by atoms with Crippen LogP contribution in [0.3, 0.4) is 0 Å². The van der Waals surface area contributed by atoms with Gasteiger partial charge in [0.2, 0.25) is 5.82 Å². The Kier molecular flexibility index (Phi) is 5.62. The van der Waals surface area contributed by atoms with Gasteiger partial charge in [0.15, 0.2) is 5.11 Å². The summed E-state index contributed by atoms with van der Waals surface area (Å²) in [6.07, 6.45) is 0. The van der Waals surface area contributed by atoms with Crippen molar-refractivity contribution in [3.8, 4) is 10.7 Å². The Hall–Kier alpha value is -2.52. The molecule has 4 heterocycles. The van der Waals surface area contributed by atoms with E-state index in [-0.39, 0.29) is 6.04 Å². The lowest BCUT2D eigenvalue weighted by Crippen LogP contribution is -2.45. The normalized spacial score (nSPS) is 16.6. The summed E-state index contributed by atoms with van der Waals surface area (Å²) in [7, 11) is 0. The Morgan fingerprint density at radius 1 is 1.16 bits per heavy atom. The first kappa shape index (κ1) is 20.4. The third-order valence-corrected chi connectivity index (χ3v) is 7.37. The standard InChI is InChI=1S/C22H17ClN4OS3/c1-13-18(21-25-20(26-28-21)17-8-4-10-31-17)19(14-5-2-6-15(23)11-14)24-22(29)27(13)12-16-7-3-9-30-16/h2-11,19H,12H2,1H3,(H,24,29). The lowest BCUT2D eigenvalue weighted by atomic mass is 9.95. The van der Waals surface area contributed by atoms with Crippen molar-refractivity contribution in [3.05, 3.63) is 86.3 Å². The molecule has 0 saturated carbocycles. The smallest absolute Gasteiger partial charge is 0.258 e. The van der Waals surface area contributed by atoms with Crippen LogP contribution in [0.25, 0.3) is 16.3 Å². The number of hydrogen-bond donors (Lipinski definition) is 1. The summed E-state index contributed by atoms with van der Waals surface area (Å²) in [6, 6.07) is 15.6. The zero-order valence-corrected chi connectivity index (χ0v) is 19.6. The van der Waals surface area contributed by atoms with Crippen molar-refractivity contribution in [2.24, 2.45) is 0 Å². The monoisotopic (exact) mass is 484 g/mol. The molecule has 0 aliphatic carbocycles. The summed E-state index contributed by atoms with van der Waals surface area (Å²) in [5, 5.41) is 13.1. The third kappa shape index (κ3) is 4.04. The predicted molar refractivity (Wildman–Crippen MR) is 130 cm³/mol. The quantitative estimate of drug-likeness (QED) is 0.332. The van der Waals surface area contributed by atoms with Crippen LogP contribution in [0.2, 0.25) is 5.02 Å². The van der Waals surface area contributed by atoms with Crippen LogP contribution < -0.4 is 5.32 Å². The van der Waals surface area contributed by atoms with Crippen molar-refractivity contribution in [3.63, 3.8) is 0 Å². The fourth-order valence-electron chi connectivity index (χ4n) is 3.58. The van der Waals surface area contributed by atoms with Crippen LogP contribution >= 0.6 is 46.5 Å². The maximum atomic E-state index is 6.29. The maximum Gasteiger partial charge on any atom is 0.258 e. The van der Waals surface area contributed by atoms with E-state index in [1.165, 1.54) is 4.88 Å². The van der Waals surface area contributed by atoms with Gasteiger partial charge in [0, 0.05) is 15.6 Å². The number of nitrogens with one attached hydrogen (secondary N) is 1. The molecule has 1 unspecified atom stereocenters. The van der Waals surface area contributed by atoms with Crippen LogP contribution in [0.5, 0.6) is 0 Å². The maximum absolute atomic E-state index is 6.29. The number of thiophene rings is 2. The second-order valence-corrected chi connectivity index (χ2v) is 9.81. The van der Waals surface area contributed by atoms with E-state index >= 15 is 0 Å². The first-order valence-corrected chi connectivity index (χ1v) is 12.1. The molecule has 1 aliphatic rings. The molecule has 3 aromatic heterocycles. The largest absolute Gasteiger partial charge is 0.351 e. The lowest BCUT2D eigenvalue weighted by molar-refractivity contribution is 0.396. The molecule has 1 aliphatic heterocycles. The number of halogens is 1. The Morgan fingerprint density at radius 3 is 2.74 bits per heavy atom. The Labute approximate surface area is 198 Å². The van der Waals surface area contributed by atoms with E-state index in [2.05, 4.69) is 26.8 Å². The minimum absolute atomic E-state index is 0.248. The van der Waals surface area contributed by atoms with Gasteiger partial charge in [0.05, 0.1) is 23.0 Å². The highest BCUT2D eigenvalue weighted by atomic mass is 35.5. The van der Waals surface area contributed by atoms with Crippen LogP contribution in [-0.4, -0.2) is 20.2 Å². The molecular weight excluding hydrogens is 468 g/mol. The minimum Gasteiger partial charge on any atom is -0.351 e. The molecule has 5 rings (SSSR count). The molecule has 0 radical (unpaired) electrons. The lowest BCUT2D eigenvalue weighted by Gasteiger charge is -2.37. The fraction of sp³-hybridized carbons (Fsp3) is 0.136. The first-order chi connectivity index (χ1) is 15.1. The van der Waals surface area contributed by atoms with E-state index in [0.717, 1.165) is 21.7 Å². The average molecular weight is 485 g/mol. The van der Waals surface area contributed by atoms with Gasteiger partial charge < -0.3 is 14.7 Å². The number of nitrogens with zero attached hydrogens (tertiary/aromatic N) is 3. The van der Waals surface area contributed by atoms with Crippen LogP contribution in [0, 0.1) is 0 Å². The molecule has 1 N–H and O–H groups in total. The highest BCUT2D eigenvalue weighted by Gasteiger charge is 2.34. The van der Waals surface area contributed by atoms with Crippen LogP contribution in [-0.2, 0) is 6.54 Å². The Morgan fingerprint density at radius 2 is 2.00 bits per heavy atom. The van der Waals surface area contributed by atoms with Crippen LogP contribution in [0.4, 0.5) is 0 Å².